The zero-order valence-corrected chi connectivity index (χ0v) is 8.25. The molecule has 0 radical (unpaired) electrons. The minimum atomic E-state index is 0.00407. The van der Waals surface area contributed by atoms with Crippen molar-refractivity contribution in [2.75, 3.05) is 46.9 Å². The summed E-state index contributed by atoms with van der Waals surface area (Å²) in [7, 11) is 3.13. The zero-order valence-electron chi connectivity index (χ0n) is 8.25. The molecule has 0 aromatic rings. The summed E-state index contributed by atoms with van der Waals surface area (Å²) in [6.45, 7) is 4.24. The highest BCUT2D eigenvalue weighted by atomic mass is 16.7. The van der Waals surface area contributed by atoms with Crippen molar-refractivity contribution >= 4 is 5.91 Å². The Balaban J connectivity index is 2.26. The lowest BCUT2D eigenvalue weighted by molar-refractivity contribution is -0.169. The lowest BCUT2D eigenvalue weighted by Crippen LogP contribution is -2.47. The van der Waals surface area contributed by atoms with E-state index in [9.17, 15) is 4.79 Å². The van der Waals surface area contributed by atoms with Gasteiger partial charge < -0.3 is 5.32 Å². The van der Waals surface area contributed by atoms with Crippen molar-refractivity contribution < 1.29 is 9.63 Å². The first-order chi connectivity index (χ1) is 6.24. The SMILES string of the molecule is CON(C)C(=O)CN1CCNCC1. The van der Waals surface area contributed by atoms with Gasteiger partial charge in [0.1, 0.15) is 0 Å². The maximum absolute atomic E-state index is 11.4. The maximum atomic E-state index is 11.4. The third kappa shape index (κ3) is 3.30. The van der Waals surface area contributed by atoms with E-state index >= 15 is 0 Å². The quantitative estimate of drug-likeness (QED) is 0.570. The molecule has 1 amide bonds. The van der Waals surface area contributed by atoms with Crippen LogP contribution in [0.5, 0.6) is 0 Å². The van der Waals surface area contributed by atoms with Crippen LogP contribution < -0.4 is 5.32 Å². The standard InChI is InChI=1S/C8H17N3O2/c1-10(13-2)8(12)7-11-5-3-9-4-6-11/h9H,3-7H2,1-2H3. The molecule has 1 aliphatic rings. The first-order valence-corrected chi connectivity index (χ1v) is 4.48. The number of nitrogens with zero attached hydrogens (tertiary/aromatic N) is 2. The Morgan fingerprint density at radius 3 is 2.69 bits per heavy atom. The van der Waals surface area contributed by atoms with E-state index in [2.05, 4.69) is 10.2 Å². The van der Waals surface area contributed by atoms with Gasteiger partial charge in [-0.15, -0.1) is 0 Å². The molecule has 5 heteroatoms. The molecule has 1 aliphatic heterocycles. The van der Waals surface area contributed by atoms with Gasteiger partial charge >= 0.3 is 0 Å². The Kier molecular flexibility index (Phi) is 4.14. The molecule has 0 atom stereocenters. The van der Waals surface area contributed by atoms with Crippen LogP contribution in [0.15, 0.2) is 0 Å². The van der Waals surface area contributed by atoms with Crippen LogP contribution in [0.2, 0.25) is 0 Å². The number of hydroxylamine groups is 2. The van der Waals surface area contributed by atoms with Crippen molar-refractivity contribution in [2.24, 2.45) is 0 Å². The van der Waals surface area contributed by atoms with Gasteiger partial charge in [0, 0.05) is 33.2 Å². The fraction of sp³-hybridized carbons (Fsp3) is 0.875. The van der Waals surface area contributed by atoms with Gasteiger partial charge in [0.15, 0.2) is 0 Å². The summed E-state index contributed by atoms with van der Waals surface area (Å²) >= 11 is 0. The summed E-state index contributed by atoms with van der Waals surface area (Å²) in [5.41, 5.74) is 0. The molecule has 13 heavy (non-hydrogen) atoms. The van der Waals surface area contributed by atoms with E-state index in [0.29, 0.717) is 6.54 Å². The molecule has 0 bridgehead atoms. The van der Waals surface area contributed by atoms with Gasteiger partial charge in [0.05, 0.1) is 13.7 Å². The van der Waals surface area contributed by atoms with Gasteiger partial charge in [0.2, 0.25) is 0 Å². The highest BCUT2D eigenvalue weighted by Crippen LogP contribution is 1.94. The van der Waals surface area contributed by atoms with Gasteiger partial charge in [0.25, 0.3) is 5.91 Å². The van der Waals surface area contributed by atoms with E-state index < -0.39 is 0 Å². The molecule has 0 spiro atoms. The summed E-state index contributed by atoms with van der Waals surface area (Å²) in [5, 5.41) is 4.50. The van der Waals surface area contributed by atoms with Crippen molar-refractivity contribution in [1.29, 1.82) is 0 Å². The molecule has 1 fully saturated rings. The van der Waals surface area contributed by atoms with E-state index in [-0.39, 0.29) is 5.91 Å². The van der Waals surface area contributed by atoms with E-state index in [4.69, 9.17) is 4.84 Å². The van der Waals surface area contributed by atoms with Crippen molar-refractivity contribution in [3.63, 3.8) is 0 Å². The number of rotatable bonds is 3. The molecule has 0 aromatic heterocycles. The van der Waals surface area contributed by atoms with Crippen LogP contribution in [0.4, 0.5) is 0 Å². The molecule has 1 saturated heterocycles. The number of hydrogen-bond donors (Lipinski definition) is 1. The molecule has 0 aliphatic carbocycles. The molecular formula is C8H17N3O2. The largest absolute Gasteiger partial charge is 0.314 e. The third-order valence-corrected chi connectivity index (χ3v) is 2.19. The van der Waals surface area contributed by atoms with Crippen molar-refractivity contribution in [3.05, 3.63) is 0 Å². The summed E-state index contributed by atoms with van der Waals surface area (Å²) < 4.78 is 0. The van der Waals surface area contributed by atoms with Crippen LogP contribution in [-0.4, -0.2) is 62.8 Å². The molecule has 1 heterocycles. The van der Waals surface area contributed by atoms with Crippen LogP contribution >= 0.6 is 0 Å². The molecule has 0 saturated carbocycles. The monoisotopic (exact) mass is 187 g/mol. The van der Waals surface area contributed by atoms with Crippen LogP contribution in [0, 0.1) is 0 Å². The number of carbonyl (C=O) groups is 1. The molecule has 1 N–H and O–H groups in total. The summed E-state index contributed by atoms with van der Waals surface area (Å²) in [6, 6.07) is 0. The number of carbonyl (C=O) groups excluding carboxylic acids is 1. The fourth-order valence-electron chi connectivity index (χ4n) is 1.26. The summed E-state index contributed by atoms with van der Waals surface area (Å²) in [4.78, 5) is 18.3. The zero-order chi connectivity index (χ0) is 9.68. The smallest absolute Gasteiger partial charge is 0.259 e. The average molecular weight is 187 g/mol. The predicted molar refractivity (Wildman–Crippen MR) is 49.1 cm³/mol. The Morgan fingerprint density at radius 2 is 2.15 bits per heavy atom. The van der Waals surface area contributed by atoms with Crippen molar-refractivity contribution in [3.8, 4) is 0 Å². The van der Waals surface area contributed by atoms with Crippen LogP contribution in [-0.2, 0) is 9.63 Å². The highest BCUT2D eigenvalue weighted by molar-refractivity contribution is 5.76. The molecular weight excluding hydrogens is 170 g/mol. The second kappa shape index (κ2) is 5.16. The molecule has 0 unspecified atom stereocenters. The normalized spacial score (nSPS) is 18.6. The number of hydrogen-bond acceptors (Lipinski definition) is 4. The Morgan fingerprint density at radius 1 is 1.54 bits per heavy atom. The second-order valence-electron chi connectivity index (χ2n) is 3.10. The van der Waals surface area contributed by atoms with Crippen molar-refractivity contribution in [1.82, 2.24) is 15.3 Å². The van der Waals surface area contributed by atoms with Crippen LogP contribution in [0.25, 0.3) is 0 Å². The number of piperazine rings is 1. The lowest BCUT2D eigenvalue weighted by Gasteiger charge is -2.27. The van der Waals surface area contributed by atoms with E-state index in [1.54, 1.807) is 7.05 Å². The van der Waals surface area contributed by atoms with Crippen molar-refractivity contribution in [2.45, 2.75) is 0 Å². The van der Waals surface area contributed by atoms with E-state index in [1.807, 2.05) is 0 Å². The Labute approximate surface area is 78.6 Å². The second-order valence-corrected chi connectivity index (χ2v) is 3.10. The predicted octanol–water partition coefficient (Wildman–Crippen LogP) is -1.09. The lowest BCUT2D eigenvalue weighted by atomic mass is 10.3. The topological polar surface area (TPSA) is 44.8 Å². The van der Waals surface area contributed by atoms with E-state index in [0.717, 1.165) is 26.2 Å². The average Bonchev–Trinajstić information content (AvgIpc) is 2.18. The van der Waals surface area contributed by atoms with Crippen LogP contribution in [0.1, 0.15) is 0 Å². The molecule has 5 nitrogen and oxygen atoms in total. The molecule has 76 valence electrons. The summed E-state index contributed by atoms with van der Waals surface area (Å²) in [6.07, 6.45) is 0. The Hall–Kier alpha value is -0.650. The fourth-order valence-corrected chi connectivity index (χ4v) is 1.26. The maximum Gasteiger partial charge on any atom is 0.259 e. The minimum Gasteiger partial charge on any atom is -0.314 e. The Bertz CT molecular complexity index is 169. The number of amides is 1. The number of nitrogens with one attached hydrogen (secondary N) is 1. The van der Waals surface area contributed by atoms with Gasteiger partial charge in [-0.05, 0) is 0 Å². The first-order valence-electron chi connectivity index (χ1n) is 4.48. The first kappa shape index (κ1) is 10.4. The van der Waals surface area contributed by atoms with Crippen LogP contribution in [0.3, 0.4) is 0 Å². The van der Waals surface area contributed by atoms with Gasteiger partial charge in [-0.3, -0.25) is 14.5 Å². The van der Waals surface area contributed by atoms with Gasteiger partial charge in [-0.1, -0.05) is 0 Å². The molecule has 1 rings (SSSR count). The third-order valence-electron chi connectivity index (χ3n) is 2.19. The highest BCUT2D eigenvalue weighted by Gasteiger charge is 2.15. The minimum absolute atomic E-state index is 0.00407. The summed E-state index contributed by atoms with van der Waals surface area (Å²) in [5.74, 6) is 0.00407. The van der Waals surface area contributed by atoms with E-state index in [1.165, 1.54) is 12.2 Å². The number of likely N-dealkylation sites (N-methyl/N-ethyl adjacent to an activating group) is 1. The van der Waals surface area contributed by atoms with Gasteiger partial charge in [-0.2, -0.15) is 0 Å². The molecule has 0 aromatic carbocycles. The van der Waals surface area contributed by atoms with Gasteiger partial charge in [-0.25, -0.2) is 5.06 Å².